The second kappa shape index (κ2) is 9.55. The Hall–Kier alpha value is -2.18. The lowest BCUT2D eigenvalue weighted by Crippen LogP contribution is -2.53. The number of piperazine rings is 1. The van der Waals surface area contributed by atoms with Crippen LogP contribution in [0.5, 0.6) is 0 Å². The number of hydrogen-bond acceptors (Lipinski definition) is 4. The SMILES string of the molecule is O=C(C(c1ccccc1)N1CCCCC1=O)N1CCN(CCc2cccs2)CC1. The van der Waals surface area contributed by atoms with Crippen molar-refractivity contribution in [3.63, 3.8) is 0 Å². The van der Waals surface area contributed by atoms with Crippen molar-refractivity contribution >= 4 is 23.2 Å². The molecule has 0 spiro atoms. The van der Waals surface area contributed by atoms with E-state index < -0.39 is 6.04 Å². The number of nitrogens with zero attached hydrogens (tertiary/aromatic N) is 3. The number of carbonyl (C=O) groups excluding carboxylic acids is 2. The summed E-state index contributed by atoms with van der Waals surface area (Å²) in [5, 5.41) is 2.12. The molecule has 1 aromatic carbocycles. The third-order valence-corrected chi connectivity index (χ3v) is 6.90. The third kappa shape index (κ3) is 4.87. The first-order chi connectivity index (χ1) is 14.2. The highest BCUT2D eigenvalue weighted by Crippen LogP contribution is 2.28. The zero-order chi connectivity index (χ0) is 20.1. The molecule has 2 aliphatic heterocycles. The monoisotopic (exact) mass is 411 g/mol. The van der Waals surface area contributed by atoms with Gasteiger partial charge in [0.25, 0.3) is 0 Å². The maximum atomic E-state index is 13.5. The van der Waals surface area contributed by atoms with Crippen LogP contribution >= 0.6 is 11.3 Å². The van der Waals surface area contributed by atoms with Gasteiger partial charge in [0.2, 0.25) is 11.8 Å². The molecule has 2 fully saturated rings. The molecule has 2 aliphatic rings. The van der Waals surface area contributed by atoms with E-state index in [-0.39, 0.29) is 11.8 Å². The van der Waals surface area contributed by atoms with Crippen LogP contribution < -0.4 is 0 Å². The van der Waals surface area contributed by atoms with Crippen LogP contribution in [0, 0.1) is 0 Å². The van der Waals surface area contributed by atoms with Crippen molar-refractivity contribution in [1.82, 2.24) is 14.7 Å². The molecule has 0 saturated carbocycles. The molecule has 3 heterocycles. The molecular weight excluding hydrogens is 382 g/mol. The highest BCUT2D eigenvalue weighted by atomic mass is 32.1. The van der Waals surface area contributed by atoms with Crippen LogP contribution in [-0.2, 0) is 16.0 Å². The minimum absolute atomic E-state index is 0.0735. The number of rotatable bonds is 6. The molecular formula is C23H29N3O2S. The summed E-state index contributed by atoms with van der Waals surface area (Å²) in [6.07, 6.45) is 3.51. The average molecular weight is 412 g/mol. The maximum Gasteiger partial charge on any atom is 0.250 e. The predicted octanol–water partition coefficient (Wildman–Crippen LogP) is 3.19. The van der Waals surface area contributed by atoms with Gasteiger partial charge in [-0.15, -0.1) is 11.3 Å². The van der Waals surface area contributed by atoms with Crippen molar-refractivity contribution in [1.29, 1.82) is 0 Å². The van der Waals surface area contributed by atoms with Crippen LogP contribution in [0.1, 0.15) is 35.7 Å². The molecule has 0 radical (unpaired) electrons. The normalized spacial score (nSPS) is 19.4. The summed E-state index contributed by atoms with van der Waals surface area (Å²) in [5.41, 5.74) is 0.924. The van der Waals surface area contributed by atoms with Gasteiger partial charge in [-0.2, -0.15) is 0 Å². The van der Waals surface area contributed by atoms with Gasteiger partial charge in [-0.3, -0.25) is 14.5 Å². The topological polar surface area (TPSA) is 43.9 Å². The molecule has 1 atom stereocenters. The Morgan fingerprint density at radius 1 is 0.966 bits per heavy atom. The van der Waals surface area contributed by atoms with Crippen LogP contribution in [0.4, 0.5) is 0 Å². The van der Waals surface area contributed by atoms with Gasteiger partial charge in [-0.25, -0.2) is 0 Å². The minimum Gasteiger partial charge on any atom is -0.338 e. The zero-order valence-corrected chi connectivity index (χ0v) is 17.7. The Labute approximate surface area is 176 Å². The van der Waals surface area contributed by atoms with E-state index in [9.17, 15) is 9.59 Å². The molecule has 0 aliphatic carbocycles. The largest absolute Gasteiger partial charge is 0.338 e. The molecule has 1 unspecified atom stereocenters. The van der Waals surface area contributed by atoms with E-state index in [1.54, 1.807) is 11.3 Å². The molecule has 1 aromatic heterocycles. The predicted molar refractivity (Wildman–Crippen MR) is 116 cm³/mol. The van der Waals surface area contributed by atoms with E-state index in [1.807, 2.05) is 40.1 Å². The third-order valence-electron chi connectivity index (χ3n) is 5.96. The van der Waals surface area contributed by atoms with Crippen LogP contribution in [0.15, 0.2) is 47.8 Å². The number of piperidine rings is 1. The Morgan fingerprint density at radius 2 is 1.76 bits per heavy atom. The summed E-state index contributed by atoms with van der Waals surface area (Å²) in [6, 6.07) is 13.6. The van der Waals surface area contributed by atoms with Gasteiger partial charge in [0.1, 0.15) is 6.04 Å². The van der Waals surface area contributed by atoms with Crippen molar-refractivity contribution < 1.29 is 9.59 Å². The van der Waals surface area contributed by atoms with E-state index in [2.05, 4.69) is 22.4 Å². The standard InChI is InChI=1S/C23H29N3O2S/c27-21-10-4-5-12-26(21)22(19-7-2-1-3-8-19)23(28)25-16-14-24(15-17-25)13-11-20-9-6-18-29-20/h1-3,6-9,18,22H,4-5,10-17H2. The van der Waals surface area contributed by atoms with Gasteiger partial charge >= 0.3 is 0 Å². The highest BCUT2D eigenvalue weighted by Gasteiger charge is 2.36. The van der Waals surface area contributed by atoms with Gasteiger partial charge in [0.15, 0.2) is 0 Å². The van der Waals surface area contributed by atoms with E-state index in [4.69, 9.17) is 0 Å². The molecule has 0 bridgehead atoms. The van der Waals surface area contributed by atoms with Gasteiger partial charge in [0.05, 0.1) is 0 Å². The summed E-state index contributed by atoms with van der Waals surface area (Å²) in [7, 11) is 0. The second-order valence-electron chi connectivity index (χ2n) is 7.85. The lowest BCUT2D eigenvalue weighted by atomic mass is 9.99. The molecule has 2 aromatic rings. The lowest BCUT2D eigenvalue weighted by Gasteiger charge is -2.40. The Balaban J connectivity index is 1.41. The van der Waals surface area contributed by atoms with Crippen molar-refractivity contribution in [2.75, 3.05) is 39.3 Å². The molecule has 29 heavy (non-hydrogen) atoms. The summed E-state index contributed by atoms with van der Waals surface area (Å²) in [4.78, 5) is 33.7. The van der Waals surface area contributed by atoms with Crippen molar-refractivity contribution in [2.24, 2.45) is 0 Å². The van der Waals surface area contributed by atoms with E-state index in [0.29, 0.717) is 13.0 Å². The van der Waals surface area contributed by atoms with Crippen molar-refractivity contribution in [3.05, 3.63) is 58.3 Å². The Morgan fingerprint density at radius 3 is 2.45 bits per heavy atom. The number of thiophene rings is 1. The van der Waals surface area contributed by atoms with Gasteiger partial charge < -0.3 is 9.80 Å². The fourth-order valence-electron chi connectivity index (χ4n) is 4.28. The van der Waals surface area contributed by atoms with Crippen LogP contribution in [-0.4, -0.2) is 65.8 Å². The van der Waals surface area contributed by atoms with Crippen LogP contribution in [0.2, 0.25) is 0 Å². The zero-order valence-electron chi connectivity index (χ0n) is 16.8. The summed E-state index contributed by atoms with van der Waals surface area (Å²) < 4.78 is 0. The number of amides is 2. The number of hydrogen-bond donors (Lipinski definition) is 0. The van der Waals surface area contributed by atoms with Crippen LogP contribution in [0.25, 0.3) is 0 Å². The maximum absolute atomic E-state index is 13.5. The first-order valence-electron chi connectivity index (χ1n) is 10.6. The Bertz CT molecular complexity index is 801. The molecule has 2 saturated heterocycles. The summed E-state index contributed by atoms with van der Waals surface area (Å²) >= 11 is 1.81. The summed E-state index contributed by atoms with van der Waals surface area (Å²) in [5.74, 6) is 0.178. The highest BCUT2D eigenvalue weighted by molar-refractivity contribution is 7.09. The van der Waals surface area contributed by atoms with E-state index in [1.165, 1.54) is 4.88 Å². The summed E-state index contributed by atoms with van der Waals surface area (Å²) in [6.45, 7) is 4.96. The Kier molecular flexibility index (Phi) is 6.62. The van der Waals surface area contributed by atoms with Crippen LogP contribution in [0.3, 0.4) is 0 Å². The number of carbonyl (C=O) groups is 2. The molecule has 2 amide bonds. The number of likely N-dealkylation sites (tertiary alicyclic amines) is 1. The average Bonchev–Trinajstić information content (AvgIpc) is 3.29. The fraction of sp³-hybridized carbons (Fsp3) is 0.478. The molecule has 4 rings (SSSR count). The van der Waals surface area contributed by atoms with Crippen molar-refractivity contribution in [3.8, 4) is 0 Å². The smallest absolute Gasteiger partial charge is 0.250 e. The molecule has 154 valence electrons. The van der Waals surface area contributed by atoms with E-state index >= 15 is 0 Å². The van der Waals surface area contributed by atoms with Gasteiger partial charge in [0, 0.05) is 50.6 Å². The molecule has 0 N–H and O–H groups in total. The number of benzene rings is 1. The van der Waals surface area contributed by atoms with E-state index in [0.717, 1.165) is 57.5 Å². The second-order valence-corrected chi connectivity index (χ2v) is 8.89. The van der Waals surface area contributed by atoms with Gasteiger partial charge in [-0.05, 0) is 36.3 Å². The van der Waals surface area contributed by atoms with Gasteiger partial charge in [-0.1, -0.05) is 36.4 Å². The van der Waals surface area contributed by atoms with Crippen molar-refractivity contribution in [2.45, 2.75) is 31.7 Å². The molecule has 5 nitrogen and oxygen atoms in total. The quantitative estimate of drug-likeness (QED) is 0.733. The first-order valence-corrected chi connectivity index (χ1v) is 11.5. The fourth-order valence-corrected chi connectivity index (χ4v) is 4.98. The molecule has 6 heteroatoms. The first kappa shape index (κ1) is 20.1. The lowest BCUT2D eigenvalue weighted by molar-refractivity contribution is -0.148. The minimum atomic E-state index is -0.485.